The van der Waals surface area contributed by atoms with Crippen molar-refractivity contribution >= 4 is 5.97 Å². The summed E-state index contributed by atoms with van der Waals surface area (Å²) in [7, 11) is 0. The van der Waals surface area contributed by atoms with Crippen LogP contribution in [0.15, 0.2) is 0 Å². The van der Waals surface area contributed by atoms with Gasteiger partial charge in [0.2, 0.25) is 0 Å². The van der Waals surface area contributed by atoms with Gasteiger partial charge in [-0.3, -0.25) is 4.79 Å². The van der Waals surface area contributed by atoms with Crippen molar-refractivity contribution in [2.45, 2.75) is 92.5 Å². The minimum absolute atomic E-state index is 0. The van der Waals surface area contributed by atoms with Gasteiger partial charge in [0, 0.05) is 50.9 Å². The first-order valence-electron chi connectivity index (χ1n) is 7.23. The number of aliphatic hydroxyl groups excluding tert-OH is 3. The van der Waals surface area contributed by atoms with Crippen LogP contribution in [0.5, 0.6) is 0 Å². The SMILES string of the molecule is CC(C)O.CC(C)O.CC(C)O.CCCCCC(=O)O.[Zr]. The van der Waals surface area contributed by atoms with Crippen LogP contribution in [0.4, 0.5) is 0 Å². The molecule has 0 aromatic carbocycles. The van der Waals surface area contributed by atoms with Crippen LogP contribution in [-0.4, -0.2) is 44.7 Å². The van der Waals surface area contributed by atoms with Crippen molar-refractivity contribution in [3.63, 3.8) is 0 Å². The normalized spacial score (nSPS) is 8.62. The van der Waals surface area contributed by atoms with Crippen molar-refractivity contribution in [1.82, 2.24) is 0 Å². The first-order valence-corrected chi connectivity index (χ1v) is 7.23. The van der Waals surface area contributed by atoms with Gasteiger partial charge in [0.25, 0.3) is 0 Å². The van der Waals surface area contributed by atoms with Crippen LogP contribution in [0.3, 0.4) is 0 Å². The van der Waals surface area contributed by atoms with Gasteiger partial charge in [0.15, 0.2) is 0 Å². The molecule has 6 heteroatoms. The summed E-state index contributed by atoms with van der Waals surface area (Å²) in [5.74, 6) is -0.682. The first kappa shape index (κ1) is 33.0. The van der Waals surface area contributed by atoms with E-state index >= 15 is 0 Å². The molecule has 5 nitrogen and oxygen atoms in total. The van der Waals surface area contributed by atoms with E-state index in [-0.39, 0.29) is 44.5 Å². The summed E-state index contributed by atoms with van der Waals surface area (Å²) in [6.45, 7) is 12.4. The number of unbranched alkanes of at least 4 members (excludes halogenated alkanes) is 2. The number of carboxylic acid groups (broad SMARTS) is 1. The number of rotatable bonds is 4. The fourth-order valence-corrected chi connectivity index (χ4v) is 0.526. The van der Waals surface area contributed by atoms with E-state index in [0.29, 0.717) is 6.42 Å². The molecule has 130 valence electrons. The van der Waals surface area contributed by atoms with Crippen LogP contribution in [0, 0.1) is 0 Å². The molecule has 4 N–H and O–H groups in total. The molecule has 0 aliphatic rings. The van der Waals surface area contributed by atoms with Crippen molar-refractivity contribution in [3.05, 3.63) is 0 Å². The van der Waals surface area contributed by atoms with E-state index in [9.17, 15) is 4.79 Å². The second-order valence-corrected chi connectivity index (χ2v) is 5.13. The first-order chi connectivity index (χ1) is 8.97. The average Bonchev–Trinajstić information content (AvgIpc) is 2.14. The molecule has 21 heavy (non-hydrogen) atoms. The second-order valence-electron chi connectivity index (χ2n) is 5.13. The molecule has 0 atom stereocenters. The van der Waals surface area contributed by atoms with E-state index in [2.05, 4.69) is 6.92 Å². The summed E-state index contributed by atoms with van der Waals surface area (Å²) >= 11 is 0. The Kier molecular flexibility index (Phi) is 44.6. The van der Waals surface area contributed by atoms with E-state index in [4.69, 9.17) is 20.4 Å². The summed E-state index contributed by atoms with van der Waals surface area (Å²) < 4.78 is 0. The van der Waals surface area contributed by atoms with Crippen molar-refractivity contribution in [3.8, 4) is 0 Å². The van der Waals surface area contributed by atoms with Gasteiger partial charge in [-0.2, -0.15) is 0 Å². The van der Waals surface area contributed by atoms with Crippen molar-refractivity contribution in [2.75, 3.05) is 0 Å². The third-order valence-electron chi connectivity index (χ3n) is 0.994. The Balaban J connectivity index is -0.0000000570. The van der Waals surface area contributed by atoms with E-state index in [0.717, 1.165) is 19.3 Å². The minimum Gasteiger partial charge on any atom is -0.481 e. The maximum atomic E-state index is 9.87. The van der Waals surface area contributed by atoms with Crippen LogP contribution in [0.2, 0.25) is 0 Å². The van der Waals surface area contributed by atoms with Gasteiger partial charge in [-0.05, 0) is 48.0 Å². The third kappa shape index (κ3) is 246. The van der Waals surface area contributed by atoms with Gasteiger partial charge >= 0.3 is 5.97 Å². The van der Waals surface area contributed by atoms with E-state index < -0.39 is 5.97 Å². The number of carbonyl (C=O) groups is 1. The predicted molar refractivity (Wildman–Crippen MR) is 83.8 cm³/mol. The van der Waals surface area contributed by atoms with Crippen LogP contribution in [-0.2, 0) is 31.0 Å². The molecule has 0 aliphatic heterocycles. The molecule has 0 bridgehead atoms. The molecule has 0 aromatic rings. The molecule has 0 radical (unpaired) electrons. The van der Waals surface area contributed by atoms with Gasteiger partial charge in [-0.25, -0.2) is 0 Å². The number of hydrogen-bond donors (Lipinski definition) is 4. The Morgan fingerprint density at radius 2 is 1.05 bits per heavy atom. The number of aliphatic hydroxyl groups is 3. The summed E-state index contributed by atoms with van der Waals surface area (Å²) in [5.41, 5.74) is 0. The van der Waals surface area contributed by atoms with E-state index in [1.165, 1.54) is 0 Å². The largest absolute Gasteiger partial charge is 0.481 e. The summed E-state index contributed by atoms with van der Waals surface area (Å²) in [4.78, 5) is 9.87. The Bertz CT molecular complexity index is 151. The number of aliphatic carboxylic acids is 1. The second kappa shape index (κ2) is 28.4. The van der Waals surface area contributed by atoms with Crippen molar-refractivity contribution in [1.29, 1.82) is 0 Å². The van der Waals surface area contributed by atoms with Gasteiger partial charge in [0.05, 0.1) is 0 Å². The fraction of sp³-hybridized carbons (Fsp3) is 0.933. The monoisotopic (exact) mass is 386 g/mol. The Hall–Kier alpha value is 0.233. The van der Waals surface area contributed by atoms with Gasteiger partial charge in [-0.1, -0.05) is 19.8 Å². The molecule has 0 aliphatic carbocycles. The number of hydrogen-bond acceptors (Lipinski definition) is 4. The predicted octanol–water partition coefficient (Wildman–Crippen LogP) is 2.81. The molecule has 0 rings (SSSR count). The summed E-state index contributed by atoms with van der Waals surface area (Å²) in [6, 6.07) is 0. The van der Waals surface area contributed by atoms with Crippen molar-refractivity contribution < 1.29 is 51.4 Å². The minimum atomic E-state index is -0.682. The Labute approximate surface area is 149 Å². The Morgan fingerprint density at radius 1 is 0.810 bits per heavy atom. The number of carboxylic acids is 1. The average molecular weight is 388 g/mol. The standard InChI is InChI=1S/C6H12O2.3C3H8O.Zr/c1-2-3-4-5-6(7)8;3*1-3(2)4;/h2-5H2,1H3,(H,7,8);3*3-4H,1-2H3;. The molecule has 0 aromatic heterocycles. The van der Waals surface area contributed by atoms with Crippen LogP contribution >= 0.6 is 0 Å². The topological polar surface area (TPSA) is 98.0 Å². The van der Waals surface area contributed by atoms with Gasteiger partial charge in [0.1, 0.15) is 0 Å². The molecular weight excluding hydrogens is 351 g/mol. The molecule has 0 amide bonds. The zero-order valence-electron chi connectivity index (χ0n) is 14.8. The summed E-state index contributed by atoms with van der Waals surface area (Å²) in [6.07, 6.45) is 2.78. The molecule has 0 heterocycles. The molecule has 0 unspecified atom stereocenters. The van der Waals surface area contributed by atoms with Crippen LogP contribution < -0.4 is 0 Å². The molecule has 0 saturated heterocycles. The van der Waals surface area contributed by atoms with Crippen molar-refractivity contribution in [2.24, 2.45) is 0 Å². The smallest absolute Gasteiger partial charge is 0.303 e. The van der Waals surface area contributed by atoms with Gasteiger partial charge in [-0.15, -0.1) is 0 Å². The summed E-state index contributed by atoms with van der Waals surface area (Å²) in [5, 5.41) is 32.3. The molecule has 0 saturated carbocycles. The zero-order valence-corrected chi connectivity index (χ0v) is 17.2. The van der Waals surface area contributed by atoms with E-state index in [1.54, 1.807) is 41.5 Å². The molecule has 0 fully saturated rings. The fourth-order valence-electron chi connectivity index (χ4n) is 0.526. The zero-order chi connectivity index (χ0) is 17.1. The maximum Gasteiger partial charge on any atom is 0.303 e. The van der Waals surface area contributed by atoms with E-state index in [1.807, 2.05) is 0 Å². The third-order valence-corrected chi connectivity index (χ3v) is 0.994. The van der Waals surface area contributed by atoms with Crippen LogP contribution in [0.25, 0.3) is 0 Å². The molecular formula is C15H36O5Zr. The molecule has 0 spiro atoms. The Morgan fingerprint density at radius 3 is 1.19 bits per heavy atom. The van der Waals surface area contributed by atoms with Gasteiger partial charge < -0.3 is 20.4 Å². The maximum absolute atomic E-state index is 9.87. The quantitative estimate of drug-likeness (QED) is 0.556. The van der Waals surface area contributed by atoms with Crippen LogP contribution in [0.1, 0.15) is 74.1 Å².